The summed E-state index contributed by atoms with van der Waals surface area (Å²) >= 11 is 0. The first-order valence-corrected chi connectivity index (χ1v) is 7.64. The van der Waals surface area contributed by atoms with Crippen LogP contribution in [0.5, 0.6) is 0 Å². The fraction of sp³-hybridized carbons (Fsp3) is 0.438. The SMILES string of the molecule is CCOC(=O)CC(=O)NN(CCC(=O)OC)c1ccc(C(F)(F)F)cc1. The molecule has 0 aliphatic carbocycles. The van der Waals surface area contributed by atoms with Gasteiger partial charge in [-0.1, -0.05) is 0 Å². The van der Waals surface area contributed by atoms with Gasteiger partial charge in [0.15, 0.2) is 0 Å². The van der Waals surface area contributed by atoms with Gasteiger partial charge in [0.05, 0.1) is 31.4 Å². The predicted octanol–water partition coefficient (Wildman–Crippen LogP) is 2.06. The number of rotatable bonds is 8. The molecule has 0 atom stereocenters. The maximum Gasteiger partial charge on any atom is 0.416 e. The van der Waals surface area contributed by atoms with Crippen LogP contribution >= 0.6 is 0 Å². The summed E-state index contributed by atoms with van der Waals surface area (Å²) in [5.41, 5.74) is 1.72. The van der Waals surface area contributed by atoms with Crippen molar-refractivity contribution in [1.82, 2.24) is 5.43 Å². The molecule has 7 nitrogen and oxygen atoms in total. The number of nitrogens with one attached hydrogen (secondary N) is 1. The number of nitrogens with zero attached hydrogens (tertiary/aromatic N) is 1. The topological polar surface area (TPSA) is 84.9 Å². The van der Waals surface area contributed by atoms with E-state index in [1.165, 1.54) is 12.1 Å². The number of halogens is 3. The molecule has 0 radical (unpaired) electrons. The van der Waals surface area contributed by atoms with Gasteiger partial charge in [0, 0.05) is 6.54 Å². The maximum absolute atomic E-state index is 12.7. The van der Waals surface area contributed by atoms with Crippen molar-refractivity contribution in [1.29, 1.82) is 0 Å². The number of amides is 1. The fourth-order valence-corrected chi connectivity index (χ4v) is 1.92. The Morgan fingerprint density at radius 3 is 2.23 bits per heavy atom. The number of anilines is 1. The molecule has 1 aromatic carbocycles. The average molecular weight is 376 g/mol. The largest absolute Gasteiger partial charge is 0.469 e. The number of methoxy groups -OCH3 is 1. The van der Waals surface area contributed by atoms with Gasteiger partial charge in [-0.2, -0.15) is 13.2 Å². The molecule has 0 bridgehead atoms. The lowest BCUT2D eigenvalue weighted by atomic mass is 10.2. The molecule has 0 spiro atoms. The van der Waals surface area contributed by atoms with Gasteiger partial charge in [-0.25, -0.2) is 0 Å². The van der Waals surface area contributed by atoms with Crippen molar-refractivity contribution in [3.05, 3.63) is 29.8 Å². The number of hydrazine groups is 1. The molecule has 10 heteroatoms. The lowest BCUT2D eigenvalue weighted by Gasteiger charge is -2.25. The highest BCUT2D eigenvalue weighted by atomic mass is 19.4. The van der Waals surface area contributed by atoms with Crippen LogP contribution in [0.3, 0.4) is 0 Å². The molecule has 0 saturated heterocycles. The minimum atomic E-state index is -4.50. The number of benzene rings is 1. The van der Waals surface area contributed by atoms with Crippen molar-refractivity contribution in [2.75, 3.05) is 25.3 Å². The normalized spacial score (nSPS) is 10.8. The lowest BCUT2D eigenvalue weighted by molar-refractivity contribution is -0.146. The Morgan fingerprint density at radius 2 is 1.73 bits per heavy atom. The van der Waals surface area contributed by atoms with E-state index in [2.05, 4.69) is 14.9 Å². The van der Waals surface area contributed by atoms with Gasteiger partial charge in [-0.15, -0.1) is 0 Å². The van der Waals surface area contributed by atoms with Crippen LogP contribution in [0.4, 0.5) is 18.9 Å². The second kappa shape index (κ2) is 9.64. The van der Waals surface area contributed by atoms with Crippen LogP contribution in [0.1, 0.15) is 25.3 Å². The molecule has 0 aliphatic rings. The summed E-state index contributed by atoms with van der Waals surface area (Å²) < 4.78 is 47.1. The number of hydrogen-bond acceptors (Lipinski definition) is 6. The van der Waals surface area contributed by atoms with E-state index in [9.17, 15) is 27.6 Å². The van der Waals surface area contributed by atoms with E-state index in [4.69, 9.17) is 0 Å². The van der Waals surface area contributed by atoms with E-state index in [0.717, 1.165) is 24.3 Å². The molecule has 0 heterocycles. The third-order valence-corrected chi connectivity index (χ3v) is 3.14. The molecule has 0 fully saturated rings. The van der Waals surface area contributed by atoms with Crippen LogP contribution in [0.25, 0.3) is 0 Å². The first-order valence-electron chi connectivity index (χ1n) is 7.64. The van der Waals surface area contributed by atoms with Gasteiger partial charge in [-0.3, -0.25) is 24.8 Å². The summed E-state index contributed by atoms with van der Waals surface area (Å²) in [4.78, 5) is 34.5. The third-order valence-electron chi connectivity index (χ3n) is 3.14. The van der Waals surface area contributed by atoms with Crippen molar-refractivity contribution >= 4 is 23.5 Å². The number of ether oxygens (including phenoxy) is 2. The van der Waals surface area contributed by atoms with E-state index in [1.54, 1.807) is 6.92 Å². The molecule has 1 rings (SSSR count). The van der Waals surface area contributed by atoms with Crippen LogP contribution in [0.15, 0.2) is 24.3 Å². The van der Waals surface area contributed by atoms with Crippen molar-refractivity contribution in [2.45, 2.75) is 25.9 Å². The number of esters is 2. The molecule has 26 heavy (non-hydrogen) atoms. The van der Waals surface area contributed by atoms with Gasteiger partial charge in [0.25, 0.3) is 0 Å². The highest BCUT2D eigenvalue weighted by molar-refractivity contribution is 5.94. The quantitative estimate of drug-likeness (QED) is 0.425. The van der Waals surface area contributed by atoms with Gasteiger partial charge in [-0.05, 0) is 31.2 Å². The summed E-state index contributed by atoms with van der Waals surface area (Å²) in [6.45, 7) is 1.63. The van der Waals surface area contributed by atoms with Gasteiger partial charge >= 0.3 is 18.1 Å². The average Bonchev–Trinajstić information content (AvgIpc) is 2.57. The first kappa shape index (κ1) is 21.3. The van der Waals surface area contributed by atoms with Crippen LogP contribution in [-0.4, -0.2) is 38.1 Å². The Hall–Kier alpha value is -2.78. The third kappa shape index (κ3) is 6.99. The molecule has 0 aromatic heterocycles. The van der Waals surface area contributed by atoms with E-state index in [-0.39, 0.29) is 25.3 Å². The maximum atomic E-state index is 12.7. The van der Waals surface area contributed by atoms with Crippen molar-refractivity contribution in [3.63, 3.8) is 0 Å². The monoisotopic (exact) mass is 376 g/mol. The molecule has 0 unspecified atom stereocenters. The van der Waals surface area contributed by atoms with Crippen LogP contribution in [0.2, 0.25) is 0 Å². The summed E-state index contributed by atoms with van der Waals surface area (Å²) in [5, 5.41) is 1.17. The predicted molar refractivity (Wildman–Crippen MR) is 84.8 cm³/mol. The number of hydrogen-bond donors (Lipinski definition) is 1. The molecule has 0 saturated carbocycles. The van der Waals surface area contributed by atoms with E-state index in [1.807, 2.05) is 0 Å². The van der Waals surface area contributed by atoms with Gasteiger partial charge < -0.3 is 9.47 Å². The summed E-state index contributed by atoms with van der Waals surface area (Å²) in [6, 6.07) is 3.98. The number of alkyl halides is 3. The van der Waals surface area contributed by atoms with Gasteiger partial charge in [0.2, 0.25) is 5.91 Å². The van der Waals surface area contributed by atoms with Crippen LogP contribution in [-0.2, 0) is 30.0 Å². The highest BCUT2D eigenvalue weighted by Gasteiger charge is 2.30. The zero-order valence-corrected chi connectivity index (χ0v) is 14.3. The van der Waals surface area contributed by atoms with Crippen LogP contribution in [0, 0.1) is 0 Å². The minimum Gasteiger partial charge on any atom is -0.469 e. The Kier molecular flexibility index (Phi) is 7.88. The second-order valence-electron chi connectivity index (χ2n) is 5.04. The standard InChI is InChI=1S/C16H19F3N2O5/c1-3-26-15(24)10-13(22)20-21(9-8-14(23)25-2)12-6-4-11(5-7-12)16(17,18)19/h4-7H,3,8-10H2,1-2H3,(H,20,22). The van der Waals surface area contributed by atoms with Crippen LogP contribution < -0.4 is 10.4 Å². The Morgan fingerprint density at radius 1 is 1.12 bits per heavy atom. The smallest absolute Gasteiger partial charge is 0.416 e. The summed E-state index contributed by atoms with van der Waals surface area (Å²) in [6.07, 6.45) is -5.19. The summed E-state index contributed by atoms with van der Waals surface area (Å²) in [5.74, 6) is -2.04. The molecular weight excluding hydrogens is 357 g/mol. The Balaban J connectivity index is 2.88. The van der Waals surface area contributed by atoms with E-state index in [0.29, 0.717) is 0 Å². The summed E-state index contributed by atoms with van der Waals surface area (Å²) in [7, 11) is 1.18. The zero-order chi connectivity index (χ0) is 19.7. The Bertz CT molecular complexity index is 632. The van der Waals surface area contributed by atoms with Crippen molar-refractivity contribution in [3.8, 4) is 0 Å². The molecule has 1 aromatic rings. The van der Waals surface area contributed by atoms with E-state index >= 15 is 0 Å². The number of carbonyl (C=O) groups is 3. The Labute approximate surface area is 148 Å². The number of carbonyl (C=O) groups excluding carboxylic acids is 3. The molecule has 1 amide bonds. The fourth-order valence-electron chi connectivity index (χ4n) is 1.92. The van der Waals surface area contributed by atoms with Crippen molar-refractivity contribution < 1.29 is 37.0 Å². The molecule has 1 N–H and O–H groups in total. The molecular formula is C16H19F3N2O5. The minimum absolute atomic E-state index is 0.0629. The molecule has 144 valence electrons. The molecule has 0 aliphatic heterocycles. The highest BCUT2D eigenvalue weighted by Crippen LogP contribution is 2.30. The zero-order valence-electron chi connectivity index (χ0n) is 14.3. The van der Waals surface area contributed by atoms with Crippen molar-refractivity contribution in [2.24, 2.45) is 0 Å². The lowest BCUT2D eigenvalue weighted by Crippen LogP contribution is -2.44. The van der Waals surface area contributed by atoms with Gasteiger partial charge in [0.1, 0.15) is 6.42 Å². The second-order valence-corrected chi connectivity index (χ2v) is 5.04. The first-order chi connectivity index (χ1) is 12.2. The van der Waals surface area contributed by atoms with E-state index < -0.39 is 36.0 Å².